The highest BCUT2D eigenvalue weighted by Gasteiger charge is 2.46. The zero-order chi connectivity index (χ0) is 24.4. The number of pyridine rings is 1. The van der Waals surface area contributed by atoms with Gasteiger partial charge in [0, 0.05) is 12.7 Å². The quantitative estimate of drug-likeness (QED) is 0.310. The number of hydrogen-bond donors (Lipinski definition) is 1. The molecule has 3 aromatic rings. The van der Waals surface area contributed by atoms with E-state index < -0.39 is 17.7 Å². The average Bonchev–Trinajstić information content (AvgIpc) is 3.08. The van der Waals surface area contributed by atoms with Gasteiger partial charge in [0.1, 0.15) is 23.4 Å². The summed E-state index contributed by atoms with van der Waals surface area (Å²) in [6.07, 6.45) is 1.94. The molecule has 8 heteroatoms. The molecule has 1 amide bonds. The maximum Gasteiger partial charge on any atom is 0.295 e. The number of Topliss-reactive ketones (excluding diaryl/α,β-unsaturated/α-hetero) is 1. The summed E-state index contributed by atoms with van der Waals surface area (Å²) in [5.41, 5.74) is 2.09. The summed E-state index contributed by atoms with van der Waals surface area (Å²) in [5.74, 6) is -2.13. The second kappa shape index (κ2) is 9.65. The molecule has 0 radical (unpaired) electrons. The van der Waals surface area contributed by atoms with Gasteiger partial charge in [0.2, 0.25) is 0 Å². The van der Waals surface area contributed by atoms with Gasteiger partial charge in [-0.1, -0.05) is 29.8 Å². The van der Waals surface area contributed by atoms with Crippen molar-refractivity contribution in [2.24, 2.45) is 0 Å². The number of methoxy groups -OCH3 is 1. The fourth-order valence-corrected chi connectivity index (χ4v) is 4.46. The number of aryl methyl sites for hydroxylation is 1. The van der Waals surface area contributed by atoms with Crippen LogP contribution in [0.3, 0.4) is 0 Å². The molecule has 1 aliphatic heterocycles. The van der Waals surface area contributed by atoms with Crippen molar-refractivity contribution in [1.29, 1.82) is 0 Å². The highest BCUT2D eigenvalue weighted by molar-refractivity contribution is 6.46. The number of ketones is 1. The number of aromatic nitrogens is 1. The number of aliphatic hydroxyl groups is 1. The van der Waals surface area contributed by atoms with Crippen LogP contribution in [-0.2, 0) is 16.0 Å². The summed E-state index contributed by atoms with van der Waals surface area (Å²) in [4.78, 5) is 32.0. The van der Waals surface area contributed by atoms with Crippen LogP contribution in [0.25, 0.3) is 5.76 Å². The molecule has 1 saturated heterocycles. The Kier molecular flexibility index (Phi) is 6.65. The number of carbonyl (C=O) groups is 2. The number of nitrogens with zero attached hydrogens (tertiary/aromatic N) is 2. The Labute approximate surface area is 201 Å². The summed E-state index contributed by atoms with van der Waals surface area (Å²) in [5, 5.41) is 11.6. The molecule has 2 heterocycles. The molecule has 174 valence electrons. The molecule has 2 aromatic carbocycles. The van der Waals surface area contributed by atoms with Crippen molar-refractivity contribution in [1.82, 2.24) is 9.88 Å². The molecule has 1 fully saturated rings. The van der Waals surface area contributed by atoms with Gasteiger partial charge < -0.3 is 14.7 Å². The van der Waals surface area contributed by atoms with E-state index in [1.807, 2.05) is 0 Å². The minimum atomic E-state index is -0.911. The van der Waals surface area contributed by atoms with Crippen LogP contribution in [0.1, 0.15) is 28.4 Å². The molecule has 4 rings (SSSR count). The summed E-state index contributed by atoms with van der Waals surface area (Å²) < 4.78 is 18.6. The maximum atomic E-state index is 13.3. The van der Waals surface area contributed by atoms with Crippen molar-refractivity contribution in [3.05, 3.63) is 99.6 Å². The van der Waals surface area contributed by atoms with E-state index in [0.717, 1.165) is 11.1 Å². The first-order valence-corrected chi connectivity index (χ1v) is 11.0. The minimum Gasteiger partial charge on any atom is -0.507 e. The predicted octanol–water partition coefficient (Wildman–Crippen LogP) is 4.86. The van der Waals surface area contributed by atoms with Gasteiger partial charge in [0.15, 0.2) is 0 Å². The number of carbonyl (C=O) groups excluding carboxylic acids is 2. The number of aliphatic hydroxyl groups excluding tert-OH is 1. The van der Waals surface area contributed by atoms with Gasteiger partial charge in [-0.3, -0.25) is 14.6 Å². The van der Waals surface area contributed by atoms with Crippen LogP contribution in [0.4, 0.5) is 4.39 Å². The van der Waals surface area contributed by atoms with Gasteiger partial charge in [-0.2, -0.15) is 0 Å². The Morgan fingerprint density at radius 1 is 1.18 bits per heavy atom. The molecular weight excluding hydrogens is 459 g/mol. The fourth-order valence-electron chi connectivity index (χ4n) is 4.11. The molecule has 0 aliphatic carbocycles. The maximum absolute atomic E-state index is 13.3. The Bertz CT molecular complexity index is 1280. The van der Waals surface area contributed by atoms with Gasteiger partial charge in [-0.15, -0.1) is 0 Å². The number of benzene rings is 2. The van der Waals surface area contributed by atoms with E-state index in [2.05, 4.69) is 4.98 Å². The lowest BCUT2D eigenvalue weighted by Crippen LogP contribution is -2.32. The predicted molar refractivity (Wildman–Crippen MR) is 126 cm³/mol. The van der Waals surface area contributed by atoms with Crippen LogP contribution >= 0.6 is 11.6 Å². The standard InChI is InChI=1S/C26H22ClFN2O4/c1-15-13-18(25(34-2)19(27)14-15)23(31)21-22(20-5-3-4-11-29-20)30(26(33)24(21)32)12-10-16-6-8-17(28)9-7-16/h3-9,11,13-14,22,31H,10,12H2,1-2H3/b23-21+. The minimum absolute atomic E-state index is 0.0947. The molecule has 1 N–H and O–H groups in total. The lowest BCUT2D eigenvalue weighted by Gasteiger charge is -2.24. The second-order valence-electron chi connectivity index (χ2n) is 7.95. The Morgan fingerprint density at radius 2 is 1.91 bits per heavy atom. The smallest absolute Gasteiger partial charge is 0.295 e. The average molecular weight is 481 g/mol. The Balaban J connectivity index is 1.82. The molecule has 1 aliphatic rings. The number of amides is 1. The fraction of sp³-hybridized carbons (Fsp3) is 0.192. The molecule has 6 nitrogen and oxygen atoms in total. The van der Waals surface area contributed by atoms with Crippen molar-refractivity contribution in [2.75, 3.05) is 13.7 Å². The van der Waals surface area contributed by atoms with Gasteiger partial charge in [-0.05, 0) is 60.9 Å². The number of likely N-dealkylation sites (tertiary alicyclic amines) is 1. The SMILES string of the molecule is COc1c(Cl)cc(C)cc1/C(O)=C1\C(=O)C(=O)N(CCc2ccc(F)cc2)C1c1ccccn1. The first-order valence-electron chi connectivity index (χ1n) is 10.6. The highest BCUT2D eigenvalue weighted by Crippen LogP contribution is 2.42. The first-order chi connectivity index (χ1) is 16.3. The topological polar surface area (TPSA) is 79.7 Å². The van der Waals surface area contributed by atoms with Crippen LogP contribution in [0.5, 0.6) is 5.75 Å². The number of halogens is 2. The third kappa shape index (κ3) is 4.39. The number of ether oxygens (including phenoxy) is 1. The van der Waals surface area contributed by atoms with Crippen LogP contribution in [0, 0.1) is 12.7 Å². The van der Waals surface area contributed by atoms with E-state index in [1.165, 1.54) is 24.1 Å². The zero-order valence-electron chi connectivity index (χ0n) is 18.6. The van der Waals surface area contributed by atoms with Gasteiger partial charge in [-0.25, -0.2) is 4.39 Å². The van der Waals surface area contributed by atoms with Crippen molar-refractivity contribution < 1.29 is 23.8 Å². The zero-order valence-corrected chi connectivity index (χ0v) is 19.3. The lowest BCUT2D eigenvalue weighted by molar-refractivity contribution is -0.139. The van der Waals surface area contributed by atoms with Crippen molar-refractivity contribution in [2.45, 2.75) is 19.4 Å². The molecule has 34 heavy (non-hydrogen) atoms. The van der Waals surface area contributed by atoms with E-state index in [4.69, 9.17) is 16.3 Å². The van der Waals surface area contributed by atoms with E-state index in [9.17, 15) is 19.1 Å². The summed E-state index contributed by atoms with van der Waals surface area (Å²) in [6.45, 7) is 1.96. The summed E-state index contributed by atoms with van der Waals surface area (Å²) in [6, 6.07) is 13.5. The summed E-state index contributed by atoms with van der Waals surface area (Å²) >= 11 is 6.30. The lowest BCUT2D eigenvalue weighted by atomic mass is 9.97. The van der Waals surface area contributed by atoms with Crippen LogP contribution in [0.2, 0.25) is 5.02 Å². The molecule has 0 saturated carbocycles. The molecular formula is C26H22ClFN2O4. The molecule has 1 unspecified atom stereocenters. The number of rotatable bonds is 6. The van der Waals surface area contributed by atoms with Crippen molar-refractivity contribution in [3.8, 4) is 5.75 Å². The van der Waals surface area contributed by atoms with Crippen molar-refractivity contribution >= 4 is 29.1 Å². The van der Waals surface area contributed by atoms with Crippen molar-refractivity contribution in [3.63, 3.8) is 0 Å². The summed E-state index contributed by atoms with van der Waals surface area (Å²) in [7, 11) is 1.41. The Hall–Kier alpha value is -3.71. The van der Waals surface area contributed by atoms with E-state index >= 15 is 0 Å². The Morgan fingerprint density at radius 3 is 2.56 bits per heavy atom. The number of hydrogen-bond acceptors (Lipinski definition) is 5. The molecule has 0 bridgehead atoms. The van der Waals surface area contributed by atoms with Gasteiger partial charge in [0.25, 0.3) is 11.7 Å². The second-order valence-corrected chi connectivity index (χ2v) is 8.36. The third-order valence-electron chi connectivity index (χ3n) is 5.71. The van der Waals surface area contributed by atoms with Gasteiger partial charge >= 0.3 is 0 Å². The molecule has 1 atom stereocenters. The highest BCUT2D eigenvalue weighted by atomic mass is 35.5. The van der Waals surface area contributed by atoms with Gasteiger partial charge in [0.05, 0.1) is 29.0 Å². The third-order valence-corrected chi connectivity index (χ3v) is 5.99. The van der Waals surface area contributed by atoms with E-state index in [-0.39, 0.29) is 40.0 Å². The first kappa shape index (κ1) is 23.4. The monoisotopic (exact) mass is 480 g/mol. The van der Waals surface area contributed by atoms with E-state index in [1.54, 1.807) is 55.6 Å². The van der Waals surface area contributed by atoms with Crippen LogP contribution in [0.15, 0.2) is 66.4 Å². The molecule has 0 spiro atoms. The van der Waals surface area contributed by atoms with E-state index in [0.29, 0.717) is 12.1 Å². The normalized spacial score (nSPS) is 17.3. The largest absolute Gasteiger partial charge is 0.507 e. The van der Waals surface area contributed by atoms with Crippen LogP contribution < -0.4 is 4.74 Å². The van der Waals surface area contributed by atoms with Crippen LogP contribution in [-0.4, -0.2) is 40.3 Å². The molecule has 1 aromatic heterocycles.